The first-order chi connectivity index (χ1) is 4.84. The highest BCUT2D eigenvalue weighted by Crippen LogP contribution is 2.15. The van der Waals surface area contributed by atoms with Crippen molar-refractivity contribution in [1.82, 2.24) is 5.32 Å². The summed E-state index contributed by atoms with van der Waals surface area (Å²) in [5.74, 6) is 0. The molecule has 0 heterocycles. The van der Waals surface area contributed by atoms with Gasteiger partial charge in [-0.2, -0.15) is 0 Å². The van der Waals surface area contributed by atoms with E-state index in [9.17, 15) is 0 Å². The molecule has 0 aliphatic rings. The van der Waals surface area contributed by atoms with Crippen LogP contribution < -0.4 is 11.1 Å². The average Bonchev–Trinajstić information content (AvgIpc) is 1.94. The quantitative estimate of drug-likeness (QED) is 0.614. The second-order valence-corrected chi connectivity index (χ2v) is 2.03. The summed E-state index contributed by atoms with van der Waals surface area (Å²) in [4.78, 5) is 0. The van der Waals surface area contributed by atoms with E-state index in [1.54, 1.807) is 0 Å². The van der Waals surface area contributed by atoms with Gasteiger partial charge in [0.25, 0.3) is 0 Å². The van der Waals surface area contributed by atoms with Crippen molar-refractivity contribution >= 4 is 11.4 Å². The lowest BCUT2D eigenvalue weighted by Gasteiger charge is -2.01. The maximum Gasteiger partial charge on any atom is 0.0803 e. The number of rotatable bonds is 2. The molecule has 1 radical (unpaired) electrons. The summed E-state index contributed by atoms with van der Waals surface area (Å²) >= 11 is 0. The molecule has 2 heteroatoms. The second kappa shape index (κ2) is 3.11. The Morgan fingerprint density at radius 2 is 2.10 bits per heavy atom. The van der Waals surface area contributed by atoms with E-state index in [0.717, 1.165) is 17.9 Å². The van der Waals surface area contributed by atoms with Crippen LogP contribution in [0.25, 0.3) is 0 Å². The van der Waals surface area contributed by atoms with Crippen LogP contribution in [0.2, 0.25) is 0 Å². The van der Waals surface area contributed by atoms with Crippen LogP contribution in [-0.2, 0) is 0 Å². The summed E-state index contributed by atoms with van der Waals surface area (Å²) < 4.78 is 0. The molecule has 0 aliphatic heterocycles. The summed E-state index contributed by atoms with van der Waals surface area (Å²) in [6.45, 7) is 2.78. The first kappa shape index (κ1) is 6.93. The Morgan fingerprint density at radius 1 is 1.40 bits per heavy atom. The van der Waals surface area contributed by atoms with Crippen LogP contribution in [0.3, 0.4) is 0 Å². The Morgan fingerprint density at radius 3 is 2.70 bits per heavy atom. The zero-order valence-corrected chi connectivity index (χ0v) is 6.04. The van der Waals surface area contributed by atoms with Gasteiger partial charge < -0.3 is 5.73 Å². The molecular weight excluding hydrogens is 124 g/mol. The SMILES string of the molecule is CC[N]c1ccccc1N. The molecule has 0 unspecified atom stereocenters. The molecule has 0 spiro atoms. The third-order valence-electron chi connectivity index (χ3n) is 1.27. The molecule has 0 aliphatic carbocycles. The summed E-state index contributed by atoms with van der Waals surface area (Å²) in [6.07, 6.45) is 0. The van der Waals surface area contributed by atoms with E-state index < -0.39 is 0 Å². The lowest BCUT2D eigenvalue weighted by atomic mass is 10.3. The van der Waals surface area contributed by atoms with E-state index >= 15 is 0 Å². The Bertz CT molecular complexity index is 208. The molecule has 2 nitrogen and oxygen atoms in total. The molecule has 0 fully saturated rings. The first-order valence-electron chi connectivity index (χ1n) is 3.36. The van der Waals surface area contributed by atoms with Crippen LogP contribution in [0, 0.1) is 0 Å². The van der Waals surface area contributed by atoms with Gasteiger partial charge >= 0.3 is 0 Å². The highest BCUT2D eigenvalue weighted by Gasteiger charge is 1.93. The number of para-hydroxylation sites is 2. The number of benzene rings is 1. The molecule has 0 saturated heterocycles. The maximum absolute atomic E-state index is 5.61. The summed E-state index contributed by atoms with van der Waals surface area (Å²) in [5.41, 5.74) is 7.26. The van der Waals surface area contributed by atoms with Gasteiger partial charge in [0.15, 0.2) is 0 Å². The number of nitrogens with zero attached hydrogens (tertiary/aromatic N) is 1. The number of hydrogen-bond acceptors (Lipinski definition) is 1. The largest absolute Gasteiger partial charge is 0.397 e. The summed E-state index contributed by atoms with van der Waals surface area (Å²) in [6, 6.07) is 7.61. The standard InChI is InChI=1S/C8H11N2/c1-2-10-8-6-4-3-5-7(8)9/h3-6H,2,9H2,1H3. The van der Waals surface area contributed by atoms with E-state index in [2.05, 4.69) is 5.32 Å². The molecule has 10 heavy (non-hydrogen) atoms. The van der Waals surface area contributed by atoms with Gasteiger partial charge in [-0.25, -0.2) is 0 Å². The van der Waals surface area contributed by atoms with Crippen molar-refractivity contribution in [2.24, 2.45) is 0 Å². The van der Waals surface area contributed by atoms with Gasteiger partial charge in [-0.15, -0.1) is 0 Å². The molecule has 1 aromatic rings. The number of nitrogen functional groups attached to an aromatic ring is 1. The van der Waals surface area contributed by atoms with E-state index in [4.69, 9.17) is 5.73 Å². The Labute approximate surface area is 61.1 Å². The molecule has 1 rings (SSSR count). The zero-order valence-electron chi connectivity index (χ0n) is 6.04. The van der Waals surface area contributed by atoms with E-state index in [0.29, 0.717) is 0 Å². The van der Waals surface area contributed by atoms with Crippen LogP contribution in [0.15, 0.2) is 24.3 Å². The number of hydrogen-bond donors (Lipinski definition) is 1. The van der Waals surface area contributed by atoms with E-state index in [1.165, 1.54) is 0 Å². The normalized spacial score (nSPS) is 9.30. The molecule has 53 valence electrons. The van der Waals surface area contributed by atoms with Crippen molar-refractivity contribution in [3.05, 3.63) is 24.3 Å². The lowest BCUT2D eigenvalue weighted by Crippen LogP contribution is -1.98. The molecule has 0 bridgehead atoms. The van der Waals surface area contributed by atoms with Crippen LogP contribution in [-0.4, -0.2) is 6.54 Å². The van der Waals surface area contributed by atoms with Gasteiger partial charge in [0, 0.05) is 6.54 Å². The summed E-state index contributed by atoms with van der Waals surface area (Å²) in [7, 11) is 0. The minimum Gasteiger partial charge on any atom is -0.397 e. The Balaban J connectivity index is 2.81. The van der Waals surface area contributed by atoms with Crippen LogP contribution >= 0.6 is 0 Å². The van der Waals surface area contributed by atoms with Crippen molar-refractivity contribution in [2.75, 3.05) is 12.3 Å². The number of anilines is 1. The second-order valence-electron chi connectivity index (χ2n) is 2.03. The first-order valence-corrected chi connectivity index (χ1v) is 3.36. The molecule has 2 N–H and O–H groups in total. The van der Waals surface area contributed by atoms with Crippen molar-refractivity contribution in [1.29, 1.82) is 0 Å². The third kappa shape index (κ3) is 1.41. The minimum absolute atomic E-state index is 0.754. The topological polar surface area (TPSA) is 40.1 Å². The van der Waals surface area contributed by atoms with E-state index in [1.807, 2.05) is 31.2 Å². The van der Waals surface area contributed by atoms with Crippen molar-refractivity contribution in [3.8, 4) is 0 Å². The van der Waals surface area contributed by atoms with Crippen LogP contribution in [0.5, 0.6) is 0 Å². The van der Waals surface area contributed by atoms with E-state index in [-0.39, 0.29) is 0 Å². The highest BCUT2D eigenvalue weighted by atomic mass is 14.9. The average molecular weight is 135 g/mol. The molecule has 0 amide bonds. The molecule has 0 saturated carbocycles. The Kier molecular flexibility index (Phi) is 2.15. The minimum atomic E-state index is 0.754. The van der Waals surface area contributed by atoms with Crippen LogP contribution in [0.4, 0.5) is 11.4 Å². The fourth-order valence-electron chi connectivity index (χ4n) is 0.802. The molecule has 0 aromatic heterocycles. The zero-order chi connectivity index (χ0) is 7.40. The van der Waals surface area contributed by atoms with Gasteiger partial charge in [-0.3, -0.25) is 5.32 Å². The molecule has 0 atom stereocenters. The predicted octanol–water partition coefficient (Wildman–Crippen LogP) is 1.52. The predicted molar refractivity (Wildman–Crippen MR) is 43.2 cm³/mol. The fourth-order valence-corrected chi connectivity index (χ4v) is 0.802. The number of nitrogens with two attached hydrogens (primary N) is 1. The van der Waals surface area contributed by atoms with Crippen molar-refractivity contribution in [2.45, 2.75) is 6.92 Å². The maximum atomic E-state index is 5.61. The van der Waals surface area contributed by atoms with Gasteiger partial charge in [0.1, 0.15) is 0 Å². The van der Waals surface area contributed by atoms with Crippen molar-refractivity contribution < 1.29 is 0 Å². The van der Waals surface area contributed by atoms with Gasteiger partial charge in [0.2, 0.25) is 0 Å². The fraction of sp³-hybridized carbons (Fsp3) is 0.250. The molecular formula is C8H11N2. The van der Waals surface area contributed by atoms with Crippen molar-refractivity contribution in [3.63, 3.8) is 0 Å². The smallest absolute Gasteiger partial charge is 0.0803 e. The van der Waals surface area contributed by atoms with Gasteiger partial charge in [-0.05, 0) is 19.1 Å². The van der Waals surface area contributed by atoms with Gasteiger partial charge in [-0.1, -0.05) is 12.1 Å². The molecule has 1 aromatic carbocycles. The van der Waals surface area contributed by atoms with Crippen LogP contribution in [0.1, 0.15) is 6.92 Å². The highest BCUT2D eigenvalue weighted by molar-refractivity contribution is 5.60. The van der Waals surface area contributed by atoms with Gasteiger partial charge in [0.05, 0.1) is 11.4 Å². The lowest BCUT2D eigenvalue weighted by molar-refractivity contribution is 0.915. The monoisotopic (exact) mass is 135 g/mol. The summed E-state index contributed by atoms with van der Waals surface area (Å²) in [5, 5.41) is 4.18. The third-order valence-corrected chi connectivity index (χ3v) is 1.27. The Hall–Kier alpha value is -1.18.